The van der Waals surface area contributed by atoms with Gasteiger partial charge >= 0.3 is 5.97 Å². The monoisotopic (exact) mass is 359 g/mol. The van der Waals surface area contributed by atoms with E-state index in [1.807, 2.05) is 0 Å². The molecule has 23 heavy (non-hydrogen) atoms. The molecule has 1 aliphatic heterocycles. The number of halogens is 2. The van der Waals surface area contributed by atoms with Gasteiger partial charge in [-0.3, -0.25) is 9.59 Å². The first-order valence-corrected chi connectivity index (χ1v) is 8.28. The summed E-state index contributed by atoms with van der Waals surface area (Å²) >= 11 is 11.7. The predicted octanol–water partition coefficient (Wildman–Crippen LogP) is 3.48. The van der Waals surface area contributed by atoms with E-state index >= 15 is 0 Å². The van der Waals surface area contributed by atoms with E-state index in [-0.39, 0.29) is 24.9 Å². The van der Waals surface area contributed by atoms with E-state index in [2.05, 4.69) is 0 Å². The van der Waals surface area contributed by atoms with Crippen molar-refractivity contribution in [3.05, 3.63) is 28.2 Å². The average molecular weight is 360 g/mol. The van der Waals surface area contributed by atoms with Gasteiger partial charge in [0.15, 0.2) is 6.61 Å². The number of carbonyl (C=O) groups excluding carboxylic acids is 1. The first-order valence-electron chi connectivity index (χ1n) is 7.53. The van der Waals surface area contributed by atoms with Gasteiger partial charge in [-0.25, -0.2) is 0 Å². The molecule has 1 atom stereocenters. The molecule has 1 N–H and O–H groups in total. The van der Waals surface area contributed by atoms with Crippen molar-refractivity contribution in [2.24, 2.45) is 5.92 Å². The lowest BCUT2D eigenvalue weighted by Gasteiger charge is -2.32. The number of hydrogen-bond donors (Lipinski definition) is 1. The molecule has 0 saturated carbocycles. The number of carboxylic acid groups (broad SMARTS) is 1. The number of carbonyl (C=O) groups is 2. The van der Waals surface area contributed by atoms with Gasteiger partial charge in [0.25, 0.3) is 5.91 Å². The van der Waals surface area contributed by atoms with Crippen molar-refractivity contribution >= 4 is 35.1 Å². The van der Waals surface area contributed by atoms with E-state index in [1.54, 1.807) is 23.1 Å². The predicted molar refractivity (Wildman–Crippen MR) is 88.1 cm³/mol. The van der Waals surface area contributed by atoms with Gasteiger partial charge in [-0.15, -0.1) is 0 Å². The molecule has 1 amide bonds. The highest BCUT2D eigenvalue weighted by Gasteiger charge is 2.24. The lowest BCUT2D eigenvalue weighted by atomic mass is 9.93. The minimum Gasteiger partial charge on any atom is -0.484 e. The summed E-state index contributed by atoms with van der Waals surface area (Å²) in [5.74, 6) is -0.159. The fourth-order valence-corrected chi connectivity index (χ4v) is 2.95. The summed E-state index contributed by atoms with van der Waals surface area (Å²) in [6.45, 7) is 1.22. The molecule has 2 rings (SSSR count). The minimum atomic E-state index is -0.795. The van der Waals surface area contributed by atoms with Crippen LogP contribution in [0.25, 0.3) is 0 Å². The molecule has 1 saturated heterocycles. The SMILES string of the molecule is O=C(O)CCC1CCCN(C(=O)COc2ccc(Cl)c(Cl)c2)C1. The van der Waals surface area contributed by atoms with Gasteiger partial charge in [0.2, 0.25) is 0 Å². The Morgan fingerprint density at radius 1 is 1.30 bits per heavy atom. The molecule has 0 bridgehead atoms. The second-order valence-corrected chi connectivity index (χ2v) is 6.46. The first-order chi connectivity index (χ1) is 11.0. The number of benzene rings is 1. The van der Waals surface area contributed by atoms with Gasteiger partial charge in [-0.05, 0) is 37.3 Å². The van der Waals surface area contributed by atoms with Crippen LogP contribution >= 0.6 is 23.2 Å². The Bertz CT molecular complexity index is 579. The molecule has 1 aliphatic rings. The normalized spacial score (nSPS) is 17.8. The van der Waals surface area contributed by atoms with Crippen molar-refractivity contribution < 1.29 is 19.4 Å². The number of hydrogen-bond acceptors (Lipinski definition) is 3. The van der Waals surface area contributed by atoms with Gasteiger partial charge in [0.05, 0.1) is 10.0 Å². The Morgan fingerprint density at radius 2 is 2.09 bits per heavy atom. The van der Waals surface area contributed by atoms with E-state index in [4.69, 9.17) is 33.0 Å². The molecule has 1 heterocycles. The van der Waals surface area contributed by atoms with Crippen molar-refractivity contribution in [2.45, 2.75) is 25.7 Å². The van der Waals surface area contributed by atoms with Gasteiger partial charge in [-0.2, -0.15) is 0 Å². The van der Waals surface area contributed by atoms with Crippen molar-refractivity contribution in [1.82, 2.24) is 4.90 Å². The third kappa shape index (κ3) is 5.59. The molecule has 0 aliphatic carbocycles. The summed E-state index contributed by atoms with van der Waals surface area (Å²) in [7, 11) is 0. The lowest BCUT2D eigenvalue weighted by molar-refractivity contribution is -0.137. The topological polar surface area (TPSA) is 66.8 Å². The standard InChI is InChI=1S/C16H19Cl2NO4/c17-13-5-4-12(8-14(13)18)23-10-15(20)19-7-1-2-11(9-19)3-6-16(21)22/h4-5,8,11H,1-3,6-7,9-10H2,(H,21,22). The highest BCUT2D eigenvalue weighted by molar-refractivity contribution is 6.42. The molecule has 0 aromatic heterocycles. The largest absolute Gasteiger partial charge is 0.484 e. The number of amides is 1. The highest BCUT2D eigenvalue weighted by Crippen LogP contribution is 2.26. The minimum absolute atomic E-state index is 0.0659. The summed E-state index contributed by atoms with van der Waals surface area (Å²) < 4.78 is 5.46. The fraction of sp³-hybridized carbons (Fsp3) is 0.500. The van der Waals surface area contributed by atoms with Gasteiger partial charge in [0, 0.05) is 25.6 Å². The van der Waals surface area contributed by atoms with Crippen LogP contribution in [0.15, 0.2) is 18.2 Å². The van der Waals surface area contributed by atoms with Gasteiger partial charge < -0.3 is 14.7 Å². The maximum atomic E-state index is 12.2. The number of ether oxygens (including phenoxy) is 1. The molecule has 1 aromatic carbocycles. The fourth-order valence-electron chi connectivity index (χ4n) is 2.66. The van der Waals surface area contributed by atoms with Crippen LogP contribution in [0.2, 0.25) is 10.0 Å². The van der Waals surface area contributed by atoms with Crippen molar-refractivity contribution in [2.75, 3.05) is 19.7 Å². The number of aliphatic carboxylic acids is 1. The number of likely N-dealkylation sites (tertiary alicyclic amines) is 1. The molecule has 126 valence electrons. The lowest BCUT2D eigenvalue weighted by Crippen LogP contribution is -2.42. The van der Waals surface area contributed by atoms with E-state index in [0.717, 1.165) is 12.8 Å². The second kappa shape index (κ2) is 8.41. The van der Waals surface area contributed by atoms with Gasteiger partial charge in [-0.1, -0.05) is 23.2 Å². The molecule has 7 heteroatoms. The smallest absolute Gasteiger partial charge is 0.303 e. The Morgan fingerprint density at radius 3 is 2.78 bits per heavy atom. The summed E-state index contributed by atoms with van der Waals surface area (Å²) in [4.78, 5) is 24.6. The van der Waals surface area contributed by atoms with E-state index < -0.39 is 5.97 Å². The molecule has 1 aromatic rings. The molecule has 0 radical (unpaired) electrons. The summed E-state index contributed by atoms with van der Waals surface area (Å²) in [6, 6.07) is 4.85. The third-order valence-electron chi connectivity index (χ3n) is 3.89. The Kier molecular flexibility index (Phi) is 6.54. The van der Waals surface area contributed by atoms with Crippen molar-refractivity contribution in [1.29, 1.82) is 0 Å². The van der Waals surface area contributed by atoms with Crippen LogP contribution in [-0.2, 0) is 9.59 Å². The molecule has 1 unspecified atom stereocenters. The summed E-state index contributed by atoms with van der Waals surface area (Å²) in [5.41, 5.74) is 0. The van der Waals surface area contributed by atoms with Crippen molar-refractivity contribution in [3.8, 4) is 5.75 Å². The number of carboxylic acids is 1. The van der Waals surface area contributed by atoms with Crippen LogP contribution < -0.4 is 4.74 Å². The van der Waals surface area contributed by atoms with Crippen LogP contribution in [-0.4, -0.2) is 41.6 Å². The van der Waals surface area contributed by atoms with E-state index in [1.165, 1.54) is 0 Å². The summed E-state index contributed by atoms with van der Waals surface area (Å²) in [6.07, 6.45) is 2.60. The maximum absolute atomic E-state index is 12.2. The Hall–Kier alpha value is -1.46. The first kappa shape index (κ1) is 17.9. The zero-order chi connectivity index (χ0) is 16.8. The van der Waals surface area contributed by atoms with Crippen LogP contribution in [0.4, 0.5) is 0 Å². The number of piperidine rings is 1. The molecular weight excluding hydrogens is 341 g/mol. The zero-order valence-electron chi connectivity index (χ0n) is 12.6. The number of rotatable bonds is 6. The third-order valence-corrected chi connectivity index (χ3v) is 4.63. The maximum Gasteiger partial charge on any atom is 0.303 e. The highest BCUT2D eigenvalue weighted by atomic mass is 35.5. The Balaban J connectivity index is 1.82. The van der Waals surface area contributed by atoms with Crippen LogP contribution in [0.3, 0.4) is 0 Å². The van der Waals surface area contributed by atoms with Gasteiger partial charge in [0.1, 0.15) is 5.75 Å². The van der Waals surface area contributed by atoms with Crippen LogP contribution in [0.5, 0.6) is 5.75 Å². The van der Waals surface area contributed by atoms with Crippen LogP contribution in [0.1, 0.15) is 25.7 Å². The average Bonchev–Trinajstić information content (AvgIpc) is 2.54. The van der Waals surface area contributed by atoms with Crippen LogP contribution in [0, 0.1) is 5.92 Å². The molecular formula is C16H19Cl2NO4. The zero-order valence-corrected chi connectivity index (χ0v) is 14.1. The summed E-state index contributed by atoms with van der Waals surface area (Å²) in [5, 5.41) is 9.56. The quantitative estimate of drug-likeness (QED) is 0.844. The Labute approximate surface area is 145 Å². The second-order valence-electron chi connectivity index (χ2n) is 5.65. The van der Waals surface area contributed by atoms with E-state index in [0.29, 0.717) is 35.3 Å². The molecule has 0 spiro atoms. The molecule has 1 fully saturated rings. The van der Waals surface area contributed by atoms with Crippen molar-refractivity contribution in [3.63, 3.8) is 0 Å². The van der Waals surface area contributed by atoms with E-state index in [9.17, 15) is 9.59 Å². The molecule has 5 nitrogen and oxygen atoms in total. The number of nitrogens with zero attached hydrogens (tertiary/aromatic N) is 1.